The van der Waals surface area contributed by atoms with E-state index in [0.717, 1.165) is 0 Å². The molecule has 0 aliphatic heterocycles. The minimum Gasteiger partial charge on any atom is -0.508 e. The van der Waals surface area contributed by atoms with Crippen LogP contribution in [0, 0.1) is 6.92 Å². The van der Waals surface area contributed by atoms with Crippen LogP contribution in [0.4, 0.5) is 0 Å². The Balaban J connectivity index is 2.77. The van der Waals surface area contributed by atoms with Gasteiger partial charge in [0, 0.05) is 5.39 Å². The van der Waals surface area contributed by atoms with Crippen LogP contribution in [-0.4, -0.2) is 21.2 Å². The molecule has 0 saturated carbocycles. The van der Waals surface area contributed by atoms with Crippen LogP contribution in [0.1, 0.15) is 16.1 Å². The average molecular weight is 203 g/mol. The molecule has 4 nitrogen and oxygen atoms in total. The lowest BCUT2D eigenvalue weighted by atomic mass is 10.1. The molecule has 15 heavy (non-hydrogen) atoms. The number of hydrogen-bond donors (Lipinski definition) is 2. The van der Waals surface area contributed by atoms with Crippen LogP contribution in [-0.2, 0) is 0 Å². The molecule has 0 saturated heterocycles. The average Bonchev–Trinajstić information content (AvgIpc) is 2.17. The minimum atomic E-state index is -1.01. The third kappa shape index (κ3) is 1.61. The van der Waals surface area contributed by atoms with Crippen molar-refractivity contribution in [2.45, 2.75) is 6.92 Å². The van der Waals surface area contributed by atoms with Crippen LogP contribution >= 0.6 is 0 Å². The quantitative estimate of drug-likeness (QED) is 0.743. The lowest BCUT2D eigenvalue weighted by molar-refractivity contribution is 0.0696. The molecular formula is C11H9NO3. The van der Waals surface area contributed by atoms with Crippen molar-refractivity contribution in [1.29, 1.82) is 0 Å². The van der Waals surface area contributed by atoms with Gasteiger partial charge in [0.2, 0.25) is 0 Å². The van der Waals surface area contributed by atoms with Gasteiger partial charge in [0.15, 0.2) is 0 Å². The fraction of sp³-hybridized carbons (Fsp3) is 0.0909. The van der Waals surface area contributed by atoms with Gasteiger partial charge in [-0.3, -0.25) is 4.98 Å². The first-order valence-electron chi connectivity index (χ1n) is 4.41. The highest BCUT2D eigenvalue weighted by atomic mass is 16.4. The van der Waals surface area contributed by atoms with Crippen molar-refractivity contribution >= 4 is 16.9 Å². The van der Waals surface area contributed by atoms with Crippen molar-refractivity contribution in [2.75, 3.05) is 0 Å². The summed E-state index contributed by atoms with van der Waals surface area (Å²) in [6, 6.07) is 6.19. The zero-order valence-electron chi connectivity index (χ0n) is 8.06. The van der Waals surface area contributed by atoms with Gasteiger partial charge in [0.25, 0.3) is 0 Å². The number of aryl methyl sites for hydroxylation is 1. The largest absolute Gasteiger partial charge is 0.508 e. The molecule has 1 aromatic carbocycles. The van der Waals surface area contributed by atoms with Crippen LogP contribution in [0.25, 0.3) is 10.9 Å². The number of phenolic OH excluding ortho intramolecular Hbond substituents is 1. The number of pyridine rings is 1. The van der Waals surface area contributed by atoms with Crippen LogP contribution in [0.15, 0.2) is 24.3 Å². The van der Waals surface area contributed by atoms with E-state index in [1.54, 1.807) is 13.0 Å². The second-order valence-electron chi connectivity index (χ2n) is 3.30. The van der Waals surface area contributed by atoms with Crippen molar-refractivity contribution < 1.29 is 15.0 Å². The number of aromatic carboxylic acids is 1. The molecule has 0 amide bonds. The molecule has 0 unspecified atom stereocenters. The molecular weight excluding hydrogens is 194 g/mol. The Kier molecular flexibility index (Phi) is 2.04. The first kappa shape index (κ1) is 9.45. The van der Waals surface area contributed by atoms with E-state index in [9.17, 15) is 9.90 Å². The summed E-state index contributed by atoms with van der Waals surface area (Å²) < 4.78 is 0. The molecule has 1 aromatic heterocycles. The van der Waals surface area contributed by atoms with Crippen molar-refractivity contribution in [3.8, 4) is 5.75 Å². The summed E-state index contributed by atoms with van der Waals surface area (Å²) in [5.74, 6) is -0.908. The van der Waals surface area contributed by atoms with Gasteiger partial charge in [-0.2, -0.15) is 0 Å². The Morgan fingerprint density at radius 3 is 2.73 bits per heavy atom. The lowest BCUT2D eigenvalue weighted by Crippen LogP contribution is -2.01. The van der Waals surface area contributed by atoms with Crippen LogP contribution < -0.4 is 0 Å². The second-order valence-corrected chi connectivity index (χ2v) is 3.30. The highest BCUT2D eigenvalue weighted by Gasteiger charge is 2.09. The number of aromatic hydroxyl groups is 1. The highest BCUT2D eigenvalue weighted by Crippen LogP contribution is 2.20. The van der Waals surface area contributed by atoms with E-state index in [4.69, 9.17) is 5.11 Å². The molecule has 1 heterocycles. The maximum Gasteiger partial charge on any atom is 0.337 e. The molecule has 0 spiro atoms. The number of carboxylic acid groups (broad SMARTS) is 1. The number of aromatic nitrogens is 1. The SMILES string of the molecule is Cc1nc2ccc(O)cc2cc1C(=O)O. The predicted octanol–water partition coefficient (Wildman–Crippen LogP) is 1.95. The number of hydrogen-bond acceptors (Lipinski definition) is 3. The summed E-state index contributed by atoms with van der Waals surface area (Å²) in [6.45, 7) is 1.65. The van der Waals surface area contributed by atoms with Crippen molar-refractivity contribution in [2.24, 2.45) is 0 Å². The maximum absolute atomic E-state index is 10.8. The topological polar surface area (TPSA) is 70.4 Å². The molecule has 76 valence electrons. The van der Waals surface area contributed by atoms with E-state index < -0.39 is 5.97 Å². The zero-order valence-corrected chi connectivity index (χ0v) is 8.06. The summed E-state index contributed by atoms with van der Waals surface area (Å²) >= 11 is 0. The third-order valence-electron chi connectivity index (χ3n) is 2.22. The molecule has 2 N–H and O–H groups in total. The first-order valence-corrected chi connectivity index (χ1v) is 4.41. The van der Waals surface area contributed by atoms with Gasteiger partial charge < -0.3 is 10.2 Å². The number of rotatable bonds is 1. The number of carboxylic acids is 1. The Hall–Kier alpha value is -2.10. The third-order valence-corrected chi connectivity index (χ3v) is 2.22. The van der Waals surface area contributed by atoms with Gasteiger partial charge in [0.05, 0.1) is 16.8 Å². The minimum absolute atomic E-state index is 0.101. The summed E-state index contributed by atoms with van der Waals surface area (Å²) in [6.07, 6.45) is 0. The van der Waals surface area contributed by atoms with Crippen LogP contribution in [0.5, 0.6) is 5.75 Å². The molecule has 0 aliphatic carbocycles. The smallest absolute Gasteiger partial charge is 0.337 e. The zero-order chi connectivity index (χ0) is 11.0. The molecule has 2 aromatic rings. The number of fused-ring (bicyclic) bond motifs is 1. The van der Waals surface area contributed by atoms with Crippen LogP contribution in [0.3, 0.4) is 0 Å². The van der Waals surface area contributed by atoms with E-state index in [2.05, 4.69) is 4.98 Å². The fourth-order valence-corrected chi connectivity index (χ4v) is 1.48. The second kappa shape index (κ2) is 3.24. The Bertz CT molecular complexity index is 549. The first-order chi connectivity index (χ1) is 7.08. The molecule has 0 fully saturated rings. The Labute approximate surface area is 85.8 Å². The van der Waals surface area contributed by atoms with Crippen LogP contribution in [0.2, 0.25) is 0 Å². The Morgan fingerprint density at radius 1 is 1.33 bits per heavy atom. The van der Waals surface area contributed by atoms with Crippen molar-refractivity contribution in [1.82, 2.24) is 4.98 Å². The molecule has 0 radical (unpaired) electrons. The summed E-state index contributed by atoms with van der Waals surface area (Å²) in [5.41, 5.74) is 1.31. The monoisotopic (exact) mass is 203 g/mol. The normalized spacial score (nSPS) is 10.5. The molecule has 0 bridgehead atoms. The Morgan fingerprint density at radius 2 is 2.07 bits per heavy atom. The van der Waals surface area contributed by atoms with Crippen molar-refractivity contribution in [3.05, 3.63) is 35.5 Å². The van der Waals surface area contributed by atoms with Crippen molar-refractivity contribution in [3.63, 3.8) is 0 Å². The fourth-order valence-electron chi connectivity index (χ4n) is 1.48. The number of carbonyl (C=O) groups is 1. The maximum atomic E-state index is 10.8. The van der Waals surface area contributed by atoms with Gasteiger partial charge in [0.1, 0.15) is 5.75 Å². The molecule has 4 heteroatoms. The molecule has 0 aliphatic rings. The summed E-state index contributed by atoms with van der Waals surface area (Å²) in [7, 11) is 0. The van der Waals surface area contributed by atoms with E-state index in [1.807, 2.05) is 0 Å². The number of benzene rings is 1. The number of nitrogens with zero attached hydrogens (tertiary/aromatic N) is 1. The van der Waals surface area contributed by atoms with E-state index in [0.29, 0.717) is 16.6 Å². The standard InChI is InChI=1S/C11H9NO3/c1-6-9(11(14)15)5-7-4-8(13)2-3-10(7)12-6/h2-5,13H,1H3,(H,14,15). The van der Waals surface area contributed by atoms with E-state index in [1.165, 1.54) is 18.2 Å². The molecule has 0 atom stereocenters. The van der Waals surface area contributed by atoms with Gasteiger partial charge >= 0.3 is 5.97 Å². The van der Waals surface area contributed by atoms with E-state index in [-0.39, 0.29) is 11.3 Å². The highest BCUT2D eigenvalue weighted by molar-refractivity contribution is 5.94. The summed E-state index contributed by atoms with van der Waals surface area (Å²) in [5, 5.41) is 18.8. The number of phenols is 1. The van der Waals surface area contributed by atoms with Gasteiger partial charge in [-0.15, -0.1) is 0 Å². The van der Waals surface area contributed by atoms with E-state index >= 15 is 0 Å². The predicted molar refractivity (Wildman–Crippen MR) is 55.1 cm³/mol. The lowest BCUT2D eigenvalue weighted by Gasteiger charge is -2.03. The molecule has 2 rings (SSSR count). The van der Waals surface area contributed by atoms with Gasteiger partial charge in [-0.25, -0.2) is 4.79 Å². The van der Waals surface area contributed by atoms with Gasteiger partial charge in [-0.1, -0.05) is 0 Å². The summed E-state index contributed by atoms with van der Waals surface area (Å²) in [4.78, 5) is 15.0. The van der Waals surface area contributed by atoms with Gasteiger partial charge in [-0.05, 0) is 31.2 Å².